The molecule has 0 radical (unpaired) electrons. The van der Waals surface area contributed by atoms with Crippen molar-refractivity contribution in [1.29, 1.82) is 0 Å². The smallest absolute Gasteiger partial charge is 0.0216 e. The van der Waals surface area contributed by atoms with E-state index < -0.39 is 0 Å². The lowest BCUT2D eigenvalue weighted by atomic mass is 9.94. The molecule has 0 bridgehead atoms. The van der Waals surface area contributed by atoms with E-state index in [0.717, 1.165) is 5.92 Å². The summed E-state index contributed by atoms with van der Waals surface area (Å²) in [7, 11) is 0. The van der Waals surface area contributed by atoms with E-state index in [1.165, 1.54) is 19.3 Å². The zero-order valence-electron chi connectivity index (χ0n) is 9.51. The summed E-state index contributed by atoms with van der Waals surface area (Å²) < 4.78 is 0. The molecule has 1 aliphatic rings. The molecule has 76 valence electrons. The monoisotopic (exact) mass is 188 g/mol. The molecular formula is C14H20. The summed E-state index contributed by atoms with van der Waals surface area (Å²) in [5.41, 5.74) is 4.86. The lowest BCUT2D eigenvalue weighted by Crippen LogP contribution is -1.98. The van der Waals surface area contributed by atoms with Crippen LogP contribution < -0.4 is 0 Å². The molecule has 0 heteroatoms. The summed E-state index contributed by atoms with van der Waals surface area (Å²) in [6, 6.07) is 6.85. The van der Waals surface area contributed by atoms with Gasteiger partial charge in [0.1, 0.15) is 0 Å². The standard InChI is InChI=1S/C14H20/c1-4-11-8-12-6-5-7-13(10(2)3)14(12)9-11/h5-7,10-11H,4,8-9H2,1-3H3. The van der Waals surface area contributed by atoms with Gasteiger partial charge in [0.25, 0.3) is 0 Å². The highest BCUT2D eigenvalue weighted by atomic mass is 14.3. The Kier molecular flexibility index (Phi) is 2.62. The van der Waals surface area contributed by atoms with E-state index in [4.69, 9.17) is 0 Å². The molecule has 0 saturated heterocycles. The fraction of sp³-hybridized carbons (Fsp3) is 0.571. The van der Waals surface area contributed by atoms with Gasteiger partial charge in [-0.3, -0.25) is 0 Å². The molecule has 0 heterocycles. The van der Waals surface area contributed by atoms with Crippen molar-refractivity contribution in [3.63, 3.8) is 0 Å². The Morgan fingerprint density at radius 2 is 2.07 bits per heavy atom. The van der Waals surface area contributed by atoms with Gasteiger partial charge in [-0.05, 0) is 41.4 Å². The highest BCUT2D eigenvalue weighted by molar-refractivity contribution is 5.40. The maximum absolute atomic E-state index is 2.32. The average molecular weight is 188 g/mol. The third-order valence-electron chi connectivity index (χ3n) is 3.51. The van der Waals surface area contributed by atoms with Crippen LogP contribution in [0.25, 0.3) is 0 Å². The summed E-state index contributed by atoms with van der Waals surface area (Å²) in [5.74, 6) is 1.59. The summed E-state index contributed by atoms with van der Waals surface area (Å²) in [4.78, 5) is 0. The molecule has 14 heavy (non-hydrogen) atoms. The number of fused-ring (bicyclic) bond motifs is 1. The minimum atomic E-state index is 0.681. The second-order valence-corrected chi connectivity index (χ2v) is 4.82. The fourth-order valence-corrected chi connectivity index (χ4v) is 2.60. The van der Waals surface area contributed by atoms with Crippen LogP contribution in [0.2, 0.25) is 0 Å². The molecule has 0 fully saturated rings. The first-order chi connectivity index (χ1) is 6.72. The van der Waals surface area contributed by atoms with Gasteiger partial charge in [-0.1, -0.05) is 45.4 Å². The van der Waals surface area contributed by atoms with E-state index in [9.17, 15) is 0 Å². The number of hydrogen-bond acceptors (Lipinski definition) is 0. The lowest BCUT2D eigenvalue weighted by Gasteiger charge is -2.11. The van der Waals surface area contributed by atoms with Gasteiger partial charge in [-0.2, -0.15) is 0 Å². The molecule has 0 spiro atoms. The molecule has 2 rings (SSSR count). The van der Waals surface area contributed by atoms with E-state index >= 15 is 0 Å². The Hall–Kier alpha value is -0.780. The molecule has 1 aromatic rings. The van der Waals surface area contributed by atoms with Crippen LogP contribution in [-0.4, -0.2) is 0 Å². The van der Waals surface area contributed by atoms with Crippen molar-refractivity contribution in [2.24, 2.45) is 5.92 Å². The highest BCUT2D eigenvalue weighted by Crippen LogP contribution is 2.33. The minimum absolute atomic E-state index is 0.681. The maximum atomic E-state index is 2.32. The van der Waals surface area contributed by atoms with Gasteiger partial charge in [-0.15, -0.1) is 0 Å². The Labute approximate surface area is 87.3 Å². The summed E-state index contributed by atoms with van der Waals surface area (Å²) in [6.45, 7) is 6.91. The Balaban J connectivity index is 2.36. The predicted molar refractivity (Wildman–Crippen MR) is 61.7 cm³/mol. The van der Waals surface area contributed by atoms with Crippen molar-refractivity contribution in [2.75, 3.05) is 0 Å². The van der Waals surface area contributed by atoms with Crippen LogP contribution in [-0.2, 0) is 12.8 Å². The summed E-state index contributed by atoms with van der Waals surface area (Å²) in [5, 5.41) is 0. The molecule has 0 amide bonds. The van der Waals surface area contributed by atoms with Gasteiger partial charge < -0.3 is 0 Å². The minimum Gasteiger partial charge on any atom is -0.0651 e. The van der Waals surface area contributed by atoms with E-state index in [1.807, 2.05) is 0 Å². The van der Waals surface area contributed by atoms with Crippen LogP contribution >= 0.6 is 0 Å². The SMILES string of the molecule is CCC1Cc2cccc(C(C)C)c2C1. The van der Waals surface area contributed by atoms with Crippen LogP contribution in [0.15, 0.2) is 18.2 Å². The third kappa shape index (κ3) is 1.58. The Morgan fingerprint density at radius 1 is 1.29 bits per heavy atom. The molecule has 0 N–H and O–H groups in total. The van der Waals surface area contributed by atoms with Gasteiger partial charge in [0.05, 0.1) is 0 Å². The van der Waals surface area contributed by atoms with E-state index in [-0.39, 0.29) is 0 Å². The third-order valence-corrected chi connectivity index (χ3v) is 3.51. The quantitative estimate of drug-likeness (QED) is 0.659. The molecule has 1 atom stereocenters. The number of rotatable bonds is 2. The first-order valence-electron chi connectivity index (χ1n) is 5.83. The van der Waals surface area contributed by atoms with Crippen molar-refractivity contribution < 1.29 is 0 Å². The molecule has 1 aromatic carbocycles. The number of benzene rings is 1. The van der Waals surface area contributed by atoms with Crippen LogP contribution in [0, 0.1) is 5.92 Å². The van der Waals surface area contributed by atoms with Crippen LogP contribution in [0.4, 0.5) is 0 Å². The Bertz CT molecular complexity index is 323. The van der Waals surface area contributed by atoms with Crippen molar-refractivity contribution in [2.45, 2.75) is 46.0 Å². The number of hydrogen-bond donors (Lipinski definition) is 0. The molecular weight excluding hydrogens is 168 g/mol. The van der Waals surface area contributed by atoms with Gasteiger partial charge in [-0.25, -0.2) is 0 Å². The maximum Gasteiger partial charge on any atom is -0.0216 e. The van der Waals surface area contributed by atoms with Crippen LogP contribution in [0.3, 0.4) is 0 Å². The first kappa shape index (κ1) is 9.76. The molecule has 1 aliphatic carbocycles. The molecule has 0 saturated carbocycles. The van der Waals surface area contributed by atoms with Gasteiger partial charge >= 0.3 is 0 Å². The average Bonchev–Trinajstić information content (AvgIpc) is 2.59. The second kappa shape index (κ2) is 3.76. The van der Waals surface area contributed by atoms with E-state index in [0.29, 0.717) is 5.92 Å². The summed E-state index contributed by atoms with van der Waals surface area (Å²) in [6.07, 6.45) is 3.96. The van der Waals surface area contributed by atoms with Crippen molar-refractivity contribution in [3.8, 4) is 0 Å². The molecule has 0 aliphatic heterocycles. The molecule has 0 nitrogen and oxygen atoms in total. The second-order valence-electron chi connectivity index (χ2n) is 4.82. The van der Waals surface area contributed by atoms with Crippen molar-refractivity contribution in [1.82, 2.24) is 0 Å². The summed E-state index contributed by atoms with van der Waals surface area (Å²) >= 11 is 0. The van der Waals surface area contributed by atoms with Gasteiger partial charge in [0.2, 0.25) is 0 Å². The first-order valence-corrected chi connectivity index (χ1v) is 5.83. The van der Waals surface area contributed by atoms with Crippen LogP contribution in [0.1, 0.15) is 49.8 Å². The van der Waals surface area contributed by atoms with Gasteiger partial charge in [0.15, 0.2) is 0 Å². The highest BCUT2D eigenvalue weighted by Gasteiger charge is 2.22. The topological polar surface area (TPSA) is 0 Å². The Morgan fingerprint density at radius 3 is 2.71 bits per heavy atom. The van der Waals surface area contributed by atoms with Crippen LogP contribution in [0.5, 0.6) is 0 Å². The predicted octanol–water partition coefficient (Wildman–Crippen LogP) is 3.93. The lowest BCUT2D eigenvalue weighted by molar-refractivity contribution is 0.541. The van der Waals surface area contributed by atoms with E-state index in [1.54, 1.807) is 16.7 Å². The molecule has 0 aromatic heterocycles. The zero-order chi connectivity index (χ0) is 10.1. The van der Waals surface area contributed by atoms with Gasteiger partial charge in [0, 0.05) is 0 Å². The normalized spacial score (nSPS) is 20.1. The fourth-order valence-electron chi connectivity index (χ4n) is 2.60. The van der Waals surface area contributed by atoms with Crippen molar-refractivity contribution >= 4 is 0 Å². The zero-order valence-corrected chi connectivity index (χ0v) is 9.51. The van der Waals surface area contributed by atoms with E-state index in [2.05, 4.69) is 39.0 Å². The van der Waals surface area contributed by atoms with Crippen molar-refractivity contribution in [3.05, 3.63) is 34.9 Å². The largest absolute Gasteiger partial charge is 0.0651 e. The molecule has 1 unspecified atom stereocenters.